The first-order chi connectivity index (χ1) is 7.18. The summed E-state index contributed by atoms with van der Waals surface area (Å²) in [6.45, 7) is 0. The summed E-state index contributed by atoms with van der Waals surface area (Å²) in [5, 5.41) is 0.503. The van der Waals surface area contributed by atoms with E-state index < -0.39 is 5.82 Å². The lowest BCUT2D eigenvalue weighted by Gasteiger charge is -2.04. The highest BCUT2D eigenvalue weighted by molar-refractivity contribution is 6.35. The molecule has 0 saturated heterocycles. The minimum Gasteiger partial charge on any atom is -0.251 e. The van der Waals surface area contributed by atoms with Crippen LogP contribution in [0, 0.1) is 5.82 Å². The van der Waals surface area contributed by atoms with Crippen molar-refractivity contribution in [1.82, 2.24) is 9.97 Å². The van der Waals surface area contributed by atoms with Crippen molar-refractivity contribution in [2.75, 3.05) is 0 Å². The van der Waals surface area contributed by atoms with Crippen molar-refractivity contribution in [1.29, 1.82) is 0 Å². The first kappa shape index (κ1) is 10.3. The zero-order chi connectivity index (χ0) is 10.8. The topological polar surface area (TPSA) is 25.8 Å². The number of halogens is 3. The first-order valence-electron chi connectivity index (χ1n) is 4.10. The second-order valence-corrected chi connectivity index (χ2v) is 3.59. The molecule has 0 N–H and O–H groups in total. The Bertz CT molecular complexity index is 503. The molecule has 2 nitrogen and oxygen atoms in total. The number of hydrogen-bond acceptors (Lipinski definition) is 2. The van der Waals surface area contributed by atoms with Crippen LogP contribution in [-0.2, 0) is 0 Å². The van der Waals surface area contributed by atoms with E-state index in [0.717, 1.165) is 0 Å². The molecule has 0 unspecified atom stereocenters. The fourth-order valence-corrected chi connectivity index (χ4v) is 1.65. The van der Waals surface area contributed by atoms with Gasteiger partial charge in [-0.2, -0.15) is 0 Å². The highest BCUT2D eigenvalue weighted by Gasteiger charge is 2.09. The van der Waals surface area contributed by atoms with Gasteiger partial charge in [0.05, 0.1) is 5.02 Å². The fraction of sp³-hybridized carbons (Fsp3) is 0. The predicted molar refractivity (Wildman–Crippen MR) is 57.4 cm³/mol. The Morgan fingerprint density at radius 2 is 1.80 bits per heavy atom. The molecule has 1 heterocycles. The Morgan fingerprint density at radius 1 is 1.07 bits per heavy atom. The van der Waals surface area contributed by atoms with E-state index in [4.69, 9.17) is 23.2 Å². The van der Waals surface area contributed by atoms with Crippen LogP contribution >= 0.6 is 23.2 Å². The lowest BCUT2D eigenvalue weighted by molar-refractivity contribution is 0.628. The molecule has 0 aliphatic heterocycles. The molecule has 0 saturated carbocycles. The van der Waals surface area contributed by atoms with E-state index in [1.54, 1.807) is 0 Å². The van der Waals surface area contributed by atoms with Crippen molar-refractivity contribution in [3.05, 3.63) is 46.6 Å². The minimum absolute atomic E-state index is 0.242. The molecule has 2 aromatic rings. The monoisotopic (exact) mass is 242 g/mol. The molecular formula is C10H5Cl2FN2. The van der Waals surface area contributed by atoms with Crippen LogP contribution in [0.2, 0.25) is 10.2 Å². The first-order valence-corrected chi connectivity index (χ1v) is 4.86. The van der Waals surface area contributed by atoms with Crippen LogP contribution in [0.5, 0.6) is 0 Å². The quantitative estimate of drug-likeness (QED) is 0.764. The molecule has 1 aromatic carbocycles. The third-order valence-electron chi connectivity index (χ3n) is 1.84. The molecule has 76 valence electrons. The average molecular weight is 243 g/mol. The number of hydrogen-bond donors (Lipinski definition) is 0. The third-order valence-corrected chi connectivity index (χ3v) is 2.43. The van der Waals surface area contributed by atoms with Gasteiger partial charge in [0.1, 0.15) is 11.5 Å². The second kappa shape index (κ2) is 4.13. The molecule has 0 atom stereocenters. The molecule has 0 bridgehead atoms. The zero-order valence-electron chi connectivity index (χ0n) is 7.42. The van der Waals surface area contributed by atoms with Gasteiger partial charge in [0.15, 0.2) is 5.15 Å². The van der Waals surface area contributed by atoms with Gasteiger partial charge in [0.2, 0.25) is 0 Å². The molecule has 0 aliphatic carbocycles. The maximum atomic E-state index is 12.8. The number of rotatable bonds is 1. The van der Waals surface area contributed by atoms with Crippen molar-refractivity contribution in [2.45, 2.75) is 0 Å². The number of benzene rings is 1. The molecule has 0 amide bonds. The van der Waals surface area contributed by atoms with Crippen molar-refractivity contribution in [3.63, 3.8) is 0 Å². The summed E-state index contributed by atoms with van der Waals surface area (Å²) >= 11 is 11.7. The van der Waals surface area contributed by atoms with Gasteiger partial charge < -0.3 is 0 Å². The van der Waals surface area contributed by atoms with E-state index in [9.17, 15) is 4.39 Å². The van der Waals surface area contributed by atoms with E-state index >= 15 is 0 Å². The van der Waals surface area contributed by atoms with E-state index in [2.05, 4.69) is 9.97 Å². The molecule has 0 fully saturated rings. The Kier molecular flexibility index (Phi) is 2.84. The summed E-state index contributed by atoms with van der Waals surface area (Å²) in [6, 6.07) is 4.03. The molecule has 5 heteroatoms. The average Bonchev–Trinajstić information content (AvgIpc) is 2.20. The SMILES string of the molecule is Fc1ccc(-c2nccnc2Cl)c(Cl)c1. The number of aromatic nitrogens is 2. The summed E-state index contributed by atoms with van der Waals surface area (Å²) < 4.78 is 12.8. The minimum atomic E-state index is -0.399. The van der Waals surface area contributed by atoms with E-state index in [-0.39, 0.29) is 10.2 Å². The summed E-state index contributed by atoms with van der Waals surface area (Å²) in [5.41, 5.74) is 1.01. The second-order valence-electron chi connectivity index (χ2n) is 2.82. The van der Waals surface area contributed by atoms with Crippen LogP contribution in [0.25, 0.3) is 11.3 Å². The number of nitrogens with zero attached hydrogens (tertiary/aromatic N) is 2. The molecule has 0 radical (unpaired) electrons. The molecule has 15 heavy (non-hydrogen) atoms. The zero-order valence-corrected chi connectivity index (χ0v) is 8.93. The fourth-order valence-electron chi connectivity index (χ4n) is 1.18. The maximum Gasteiger partial charge on any atom is 0.155 e. The third kappa shape index (κ3) is 2.08. The molecule has 0 aliphatic rings. The van der Waals surface area contributed by atoms with Crippen molar-refractivity contribution < 1.29 is 4.39 Å². The van der Waals surface area contributed by atoms with Crippen LogP contribution in [0.4, 0.5) is 4.39 Å². The van der Waals surface area contributed by atoms with Gasteiger partial charge in [-0.1, -0.05) is 23.2 Å². The van der Waals surface area contributed by atoms with Crippen LogP contribution in [0.15, 0.2) is 30.6 Å². The Balaban J connectivity index is 2.60. The summed E-state index contributed by atoms with van der Waals surface area (Å²) in [6.07, 6.45) is 2.98. The van der Waals surface area contributed by atoms with Gasteiger partial charge >= 0.3 is 0 Å². The van der Waals surface area contributed by atoms with Crippen LogP contribution < -0.4 is 0 Å². The summed E-state index contributed by atoms with van der Waals surface area (Å²) in [7, 11) is 0. The highest BCUT2D eigenvalue weighted by atomic mass is 35.5. The normalized spacial score (nSPS) is 10.3. The van der Waals surface area contributed by atoms with Gasteiger partial charge in [-0.05, 0) is 18.2 Å². The van der Waals surface area contributed by atoms with Crippen molar-refractivity contribution in [3.8, 4) is 11.3 Å². The molecule has 2 rings (SSSR count). The molecular weight excluding hydrogens is 238 g/mol. The molecule has 1 aromatic heterocycles. The van der Waals surface area contributed by atoms with Crippen molar-refractivity contribution >= 4 is 23.2 Å². The van der Waals surface area contributed by atoms with Gasteiger partial charge in [-0.25, -0.2) is 9.37 Å². The van der Waals surface area contributed by atoms with Crippen molar-refractivity contribution in [2.24, 2.45) is 0 Å². The van der Waals surface area contributed by atoms with Crippen LogP contribution in [0.3, 0.4) is 0 Å². The van der Waals surface area contributed by atoms with Crippen LogP contribution in [0.1, 0.15) is 0 Å². The largest absolute Gasteiger partial charge is 0.251 e. The Hall–Kier alpha value is -1.19. The van der Waals surface area contributed by atoms with Gasteiger partial charge in [0, 0.05) is 18.0 Å². The Labute approximate surface area is 95.7 Å². The van der Waals surface area contributed by atoms with Gasteiger partial charge in [0.25, 0.3) is 0 Å². The lowest BCUT2D eigenvalue weighted by atomic mass is 10.1. The predicted octanol–water partition coefficient (Wildman–Crippen LogP) is 3.59. The maximum absolute atomic E-state index is 12.8. The summed E-state index contributed by atoms with van der Waals surface area (Å²) in [4.78, 5) is 7.91. The van der Waals surface area contributed by atoms with Gasteiger partial charge in [-0.15, -0.1) is 0 Å². The Morgan fingerprint density at radius 3 is 2.47 bits per heavy atom. The summed E-state index contributed by atoms with van der Waals surface area (Å²) in [5.74, 6) is -0.399. The lowest BCUT2D eigenvalue weighted by Crippen LogP contribution is -1.88. The smallest absolute Gasteiger partial charge is 0.155 e. The highest BCUT2D eigenvalue weighted by Crippen LogP contribution is 2.30. The van der Waals surface area contributed by atoms with E-state index in [1.165, 1.54) is 30.6 Å². The van der Waals surface area contributed by atoms with E-state index in [0.29, 0.717) is 11.3 Å². The van der Waals surface area contributed by atoms with Crippen LogP contribution in [-0.4, -0.2) is 9.97 Å². The standard InChI is InChI=1S/C10H5Cl2FN2/c11-8-5-6(13)1-2-7(8)9-10(12)15-4-3-14-9/h1-5H. The van der Waals surface area contributed by atoms with Gasteiger partial charge in [-0.3, -0.25) is 4.98 Å². The molecule has 0 spiro atoms. The van der Waals surface area contributed by atoms with E-state index in [1.807, 2.05) is 0 Å².